The maximum atomic E-state index is 12.1. The summed E-state index contributed by atoms with van der Waals surface area (Å²) in [5.74, 6) is 2.30. The van der Waals surface area contributed by atoms with Crippen LogP contribution in [-0.2, 0) is 16.1 Å². The average Bonchev–Trinajstić information content (AvgIpc) is 3.31. The molecule has 7 nitrogen and oxygen atoms in total. The molecular formula is C25H26ClN3O4. The van der Waals surface area contributed by atoms with Crippen LogP contribution >= 0.6 is 11.6 Å². The lowest BCUT2D eigenvalue weighted by atomic mass is 9.97. The summed E-state index contributed by atoms with van der Waals surface area (Å²) in [5, 5.41) is 5.18. The van der Waals surface area contributed by atoms with Crippen LogP contribution in [0.2, 0.25) is 5.02 Å². The molecule has 0 unspecified atom stereocenters. The zero-order valence-corrected chi connectivity index (χ0v) is 19.2. The molecule has 1 N–H and O–H groups in total. The predicted octanol–water partition coefficient (Wildman–Crippen LogP) is 5.01. The summed E-state index contributed by atoms with van der Waals surface area (Å²) >= 11 is 6.29. The summed E-state index contributed by atoms with van der Waals surface area (Å²) in [6, 6.07) is 13.7. The zero-order valence-electron chi connectivity index (χ0n) is 18.5. The fraction of sp³-hybridized carbons (Fsp3) is 0.360. The second kappa shape index (κ2) is 9.35. The number of pyridine rings is 1. The highest BCUT2D eigenvalue weighted by atomic mass is 35.5. The van der Waals surface area contributed by atoms with E-state index in [0.29, 0.717) is 18.2 Å². The molecule has 0 saturated carbocycles. The lowest BCUT2D eigenvalue weighted by Gasteiger charge is -2.32. The van der Waals surface area contributed by atoms with Crippen molar-refractivity contribution in [2.45, 2.75) is 26.3 Å². The first-order chi connectivity index (χ1) is 16.1. The first kappa shape index (κ1) is 21.6. The molecule has 0 amide bonds. The molecule has 8 heteroatoms. The molecule has 2 aliphatic rings. The fourth-order valence-electron chi connectivity index (χ4n) is 4.34. The Morgan fingerprint density at radius 2 is 1.97 bits per heavy atom. The quantitative estimate of drug-likeness (QED) is 0.511. The number of anilines is 2. The van der Waals surface area contributed by atoms with Crippen molar-refractivity contribution in [3.8, 4) is 11.5 Å². The third-order valence-corrected chi connectivity index (χ3v) is 6.35. The van der Waals surface area contributed by atoms with Gasteiger partial charge < -0.3 is 24.4 Å². The third-order valence-electron chi connectivity index (χ3n) is 6.12. The van der Waals surface area contributed by atoms with Gasteiger partial charge in [0.25, 0.3) is 0 Å². The van der Waals surface area contributed by atoms with E-state index in [4.69, 9.17) is 30.8 Å². The Labute approximate surface area is 197 Å². The lowest BCUT2D eigenvalue weighted by Crippen LogP contribution is -2.37. The molecule has 1 saturated heterocycles. The summed E-state index contributed by atoms with van der Waals surface area (Å²) in [6.07, 6.45) is 1.53. The van der Waals surface area contributed by atoms with Gasteiger partial charge in [-0.05, 0) is 55.7 Å². The minimum Gasteiger partial charge on any atom is -0.466 e. The normalized spacial score (nSPS) is 15.6. The predicted molar refractivity (Wildman–Crippen MR) is 128 cm³/mol. The summed E-state index contributed by atoms with van der Waals surface area (Å²) in [4.78, 5) is 19.2. The van der Waals surface area contributed by atoms with Crippen LogP contribution in [0.1, 0.15) is 25.3 Å². The Hall–Kier alpha value is -3.19. The second-order valence-corrected chi connectivity index (χ2v) is 8.68. The monoisotopic (exact) mass is 467 g/mol. The number of halogens is 1. The fourth-order valence-corrected chi connectivity index (χ4v) is 4.52. The van der Waals surface area contributed by atoms with Gasteiger partial charge in [-0.1, -0.05) is 17.7 Å². The van der Waals surface area contributed by atoms with Crippen molar-refractivity contribution < 1.29 is 19.0 Å². The number of piperidine rings is 1. The van der Waals surface area contributed by atoms with Gasteiger partial charge >= 0.3 is 5.97 Å². The van der Waals surface area contributed by atoms with Crippen LogP contribution in [0.5, 0.6) is 11.5 Å². The number of carbonyl (C=O) groups is 1. The molecule has 0 atom stereocenters. The van der Waals surface area contributed by atoms with Crippen molar-refractivity contribution in [2.75, 3.05) is 36.7 Å². The van der Waals surface area contributed by atoms with E-state index < -0.39 is 0 Å². The van der Waals surface area contributed by atoms with E-state index in [1.54, 1.807) is 0 Å². The number of carbonyl (C=O) groups excluding carboxylic acids is 1. The number of esters is 1. The molecule has 1 aromatic heterocycles. The largest absolute Gasteiger partial charge is 0.466 e. The van der Waals surface area contributed by atoms with Crippen molar-refractivity contribution in [1.82, 2.24) is 4.98 Å². The van der Waals surface area contributed by atoms with Crippen molar-refractivity contribution in [3.63, 3.8) is 0 Å². The van der Waals surface area contributed by atoms with Gasteiger partial charge in [-0.15, -0.1) is 0 Å². The summed E-state index contributed by atoms with van der Waals surface area (Å²) in [6.45, 7) is 4.67. The SMILES string of the molecule is CCOC(=O)C1CCN(c2cc(NCc3ccc4c(c3)OCO4)c3cc(Cl)ccc3n2)CC1. The van der Waals surface area contributed by atoms with Crippen LogP contribution in [0.25, 0.3) is 10.9 Å². The summed E-state index contributed by atoms with van der Waals surface area (Å²) < 4.78 is 16.1. The van der Waals surface area contributed by atoms with E-state index >= 15 is 0 Å². The molecule has 3 heterocycles. The van der Waals surface area contributed by atoms with Crippen LogP contribution in [0.15, 0.2) is 42.5 Å². The smallest absolute Gasteiger partial charge is 0.309 e. The van der Waals surface area contributed by atoms with Gasteiger partial charge in [0.05, 0.1) is 18.0 Å². The molecule has 0 aliphatic carbocycles. The van der Waals surface area contributed by atoms with Crippen LogP contribution in [0.3, 0.4) is 0 Å². The highest BCUT2D eigenvalue weighted by Crippen LogP contribution is 2.34. The number of nitrogens with one attached hydrogen (secondary N) is 1. The highest BCUT2D eigenvalue weighted by molar-refractivity contribution is 6.31. The Balaban J connectivity index is 1.37. The molecular weight excluding hydrogens is 442 g/mol. The highest BCUT2D eigenvalue weighted by Gasteiger charge is 2.27. The zero-order chi connectivity index (χ0) is 22.8. The van der Waals surface area contributed by atoms with Gasteiger partial charge in [-0.2, -0.15) is 0 Å². The van der Waals surface area contributed by atoms with Gasteiger partial charge in [0, 0.05) is 41.8 Å². The topological polar surface area (TPSA) is 72.9 Å². The van der Waals surface area contributed by atoms with E-state index in [9.17, 15) is 4.79 Å². The summed E-state index contributed by atoms with van der Waals surface area (Å²) in [7, 11) is 0. The third kappa shape index (κ3) is 4.64. The molecule has 0 bridgehead atoms. The maximum Gasteiger partial charge on any atom is 0.309 e. The van der Waals surface area contributed by atoms with Crippen molar-refractivity contribution in [1.29, 1.82) is 0 Å². The first-order valence-electron chi connectivity index (χ1n) is 11.2. The number of nitrogens with zero attached hydrogens (tertiary/aromatic N) is 2. The minimum absolute atomic E-state index is 0.0379. The van der Waals surface area contributed by atoms with Crippen LogP contribution in [0.4, 0.5) is 11.5 Å². The second-order valence-electron chi connectivity index (χ2n) is 8.24. The van der Waals surface area contributed by atoms with E-state index in [-0.39, 0.29) is 18.7 Å². The van der Waals surface area contributed by atoms with Crippen LogP contribution in [-0.4, -0.2) is 37.4 Å². The van der Waals surface area contributed by atoms with Crippen molar-refractivity contribution in [3.05, 3.63) is 53.1 Å². The molecule has 33 heavy (non-hydrogen) atoms. The first-order valence-corrected chi connectivity index (χ1v) is 11.6. The van der Waals surface area contributed by atoms with E-state index in [1.165, 1.54) is 0 Å². The Kier molecular flexibility index (Phi) is 6.13. The van der Waals surface area contributed by atoms with Gasteiger partial charge in [-0.3, -0.25) is 4.79 Å². The lowest BCUT2D eigenvalue weighted by molar-refractivity contribution is -0.148. The molecule has 3 aromatic rings. The molecule has 0 radical (unpaired) electrons. The Morgan fingerprint density at radius 3 is 2.79 bits per heavy atom. The van der Waals surface area contributed by atoms with Gasteiger partial charge in [0.2, 0.25) is 6.79 Å². The molecule has 1 fully saturated rings. The number of benzene rings is 2. The van der Waals surface area contributed by atoms with E-state index in [1.807, 2.05) is 43.3 Å². The summed E-state index contributed by atoms with van der Waals surface area (Å²) in [5.41, 5.74) is 2.92. The van der Waals surface area contributed by atoms with Crippen LogP contribution in [0, 0.1) is 5.92 Å². The average molecular weight is 468 g/mol. The van der Waals surface area contributed by atoms with Crippen molar-refractivity contribution >= 4 is 40.0 Å². The number of rotatable bonds is 6. The Morgan fingerprint density at radius 1 is 1.15 bits per heavy atom. The van der Waals surface area contributed by atoms with Gasteiger partial charge in [0.1, 0.15) is 5.82 Å². The number of hydrogen-bond acceptors (Lipinski definition) is 7. The maximum absolute atomic E-state index is 12.1. The molecule has 0 spiro atoms. The molecule has 172 valence electrons. The van der Waals surface area contributed by atoms with E-state index in [2.05, 4.69) is 16.3 Å². The number of fused-ring (bicyclic) bond motifs is 2. The Bertz CT molecular complexity index is 1180. The standard InChI is InChI=1S/C25H26ClN3O4/c1-2-31-25(30)17-7-9-29(10-8-17)24-13-21(19-12-18(26)4-5-20(19)28-24)27-14-16-3-6-22-23(11-16)33-15-32-22/h3-6,11-13,17H,2,7-10,14-15H2,1H3,(H,27,28). The van der Waals surface area contributed by atoms with Gasteiger partial charge in [0.15, 0.2) is 11.5 Å². The number of ether oxygens (including phenoxy) is 3. The van der Waals surface area contributed by atoms with Crippen LogP contribution < -0.4 is 19.7 Å². The van der Waals surface area contributed by atoms with Crippen molar-refractivity contribution in [2.24, 2.45) is 5.92 Å². The number of aromatic nitrogens is 1. The molecule has 2 aliphatic heterocycles. The molecule has 5 rings (SSSR count). The number of hydrogen-bond donors (Lipinski definition) is 1. The van der Waals surface area contributed by atoms with Gasteiger partial charge in [-0.25, -0.2) is 4.98 Å². The van der Waals surface area contributed by atoms with E-state index in [0.717, 1.165) is 65.4 Å². The molecule has 2 aromatic carbocycles. The minimum atomic E-state index is -0.0932.